The molecule has 2 rings (SSSR count). The molecule has 0 bridgehead atoms. The van der Waals surface area contributed by atoms with Crippen molar-refractivity contribution in [2.75, 3.05) is 6.54 Å². The molecular formula is C18H22ClFIN3O. The summed E-state index contributed by atoms with van der Waals surface area (Å²) in [7, 11) is 0. The van der Waals surface area contributed by atoms with Crippen molar-refractivity contribution in [2.45, 2.75) is 26.6 Å². The van der Waals surface area contributed by atoms with Crippen LogP contribution in [-0.4, -0.2) is 17.6 Å². The molecule has 0 amide bonds. The number of nitrogens with one attached hydrogen (secondary N) is 2. The largest absolute Gasteiger partial charge is 0.392 e. The van der Waals surface area contributed by atoms with E-state index in [-0.39, 0.29) is 36.1 Å². The molecule has 0 radical (unpaired) electrons. The van der Waals surface area contributed by atoms with Crippen molar-refractivity contribution in [3.8, 4) is 0 Å². The fraction of sp³-hybridized carbons (Fsp3) is 0.278. The summed E-state index contributed by atoms with van der Waals surface area (Å²) in [5.74, 6) is 0.264. The number of aliphatic hydroxyl groups is 1. The van der Waals surface area contributed by atoms with Crippen molar-refractivity contribution in [3.63, 3.8) is 0 Å². The molecule has 0 saturated carbocycles. The predicted octanol–water partition coefficient (Wildman–Crippen LogP) is 3.84. The van der Waals surface area contributed by atoms with Gasteiger partial charge in [0.05, 0.1) is 13.2 Å². The van der Waals surface area contributed by atoms with Crippen molar-refractivity contribution in [3.05, 3.63) is 70.0 Å². The summed E-state index contributed by atoms with van der Waals surface area (Å²) in [5.41, 5.74) is 2.21. The molecule has 7 heteroatoms. The highest BCUT2D eigenvalue weighted by Crippen LogP contribution is 2.12. The van der Waals surface area contributed by atoms with Crippen LogP contribution in [0.3, 0.4) is 0 Å². The third-order valence-corrected chi connectivity index (χ3v) is 3.67. The number of hydrogen-bond acceptors (Lipinski definition) is 2. The minimum Gasteiger partial charge on any atom is -0.392 e. The first-order valence-electron chi connectivity index (χ1n) is 7.77. The van der Waals surface area contributed by atoms with Gasteiger partial charge in [-0.05, 0) is 42.3 Å². The Labute approximate surface area is 169 Å². The third kappa shape index (κ3) is 7.17. The zero-order valence-electron chi connectivity index (χ0n) is 13.9. The molecule has 2 aromatic rings. The molecule has 4 nitrogen and oxygen atoms in total. The maximum Gasteiger partial charge on any atom is 0.191 e. The number of hydrogen-bond donors (Lipinski definition) is 3. The van der Waals surface area contributed by atoms with Gasteiger partial charge in [-0.15, -0.1) is 24.0 Å². The van der Waals surface area contributed by atoms with Gasteiger partial charge in [-0.25, -0.2) is 9.38 Å². The Morgan fingerprint density at radius 1 is 1.12 bits per heavy atom. The standard InChI is InChI=1S/C18H21ClFN3O.HI/c1-2-21-18(22-10-13-3-6-16(19)7-4-13)23-11-14-5-8-17(20)15(9-14)12-24;/h3-9,24H,2,10-12H2,1H3,(H2,21,22,23);1H. The maximum atomic E-state index is 13.4. The Morgan fingerprint density at radius 3 is 2.44 bits per heavy atom. The summed E-state index contributed by atoms with van der Waals surface area (Å²) in [5, 5.41) is 16.2. The molecule has 0 aliphatic rings. The fourth-order valence-electron chi connectivity index (χ4n) is 2.15. The Balaban J connectivity index is 0.00000312. The van der Waals surface area contributed by atoms with E-state index in [0.29, 0.717) is 24.1 Å². The van der Waals surface area contributed by atoms with E-state index in [4.69, 9.17) is 16.7 Å². The number of aliphatic hydroxyl groups excluding tert-OH is 1. The second-order valence-electron chi connectivity index (χ2n) is 5.26. The highest BCUT2D eigenvalue weighted by Gasteiger charge is 2.03. The highest BCUT2D eigenvalue weighted by molar-refractivity contribution is 14.0. The number of nitrogens with zero attached hydrogens (tertiary/aromatic N) is 1. The normalized spacial score (nSPS) is 11.0. The summed E-state index contributed by atoms with van der Waals surface area (Å²) in [6.45, 7) is 3.41. The Bertz CT molecular complexity index is 695. The molecule has 25 heavy (non-hydrogen) atoms. The number of aliphatic imine (C=N–C) groups is 1. The average Bonchev–Trinajstić information content (AvgIpc) is 2.60. The first-order valence-corrected chi connectivity index (χ1v) is 8.15. The molecule has 0 aliphatic heterocycles. The van der Waals surface area contributed by atoms with Crippen LogP contribution in [0.5, 0.6) is 0 Å². The lowest BCUT2D eigenvalue weighted by Crippen LogP contribution is -2.36. The van der Waals surface area contributed by atoms with Crippen LogP contribution in [-0.2, 0) is 19.7 Å². The lowest BCUT2D eigenvalue weighted by Gasteiger charge is -2.12. The molecule has 0 unspecified atom stereocenters. The zero-order chi connectivity index (χ0) is 17.4. The van der Waals surface area contributed by atoms with Crippen molar-refractivity contribution in [1.29, 1.82) is 0 Å². The Kier molecular flexibility index (Phi) is 9.77. The SMILES string of the molecule is CCNC(=NCc1ccc(F)c(CO)c1)NCc1ccc(Cl)cc1.I. The molecule has 0 atom stereocenters. The van der Waals surface area contributed by atoms with Gasteiger partial charge in [-0.2, -0.15) is 0 Å². The van der Waals surface area contributed by atoms with Crippen molar-refractivity contribution in [2.24, 2.45) is 4.99 Å². The van der Waals surface area contributed by atoms with Crippen LogP contribution in [0.1, 0.15) is 23.6 Å². The Morgan fingerprint density at radius 2 is 1.80 bits per heavy atom. The van der Waals surface area contributed by atoms with Crippen molar-refractivity contribution < 1.29 is 9.50 Å². The molecule has 2 aromatic carbocycles. The lowest BCUT2D eigenvalue weighted by molar-refractivity contribution is 0.275. The van der Waals surface area contributed by atoms with Crippen LogP contribution in [0.4, 0.5) is 4.39 Å². The van der Waals surface area contributed by atoms with E-state index >= 15 is 0 Å². The summed E-state index contributed by atoms with van der Waals surface area (Å²) in [6.07, 6.45) is 0. The maximum absolute atomic E-state index is 13.4. The van der Waals surface area contributed by atoms with E-state index in [1.807, 2.05) is 31.2 Å². The predicted molar refractivity (Wildman–Crippen MR) is 111 cm³/mol. The van der Waals surface area contributed by atoms with Crippen LogP contribution in [0, 0.1) is 5.82 Å². The van der Waals surface area contributed by atoms with Gasteiger partial charge < -0.3 is 15.7 Å². The Hall–Kier alpha value is -1.38. The van der Waals surface area contributed by atoms with Gasteiger partial charge >= 0.3 is 0 Å². The van der Waals surface area contributed by atoms with Crippen LogP contribution in [0.25, 0.3) is 0 Å². The van der Waals surface area contributed by atoms with E-state index in [1.54, 1.807) is 12.1 Å². The second kappa shape index (κ2) is 11.3. The summed E-state index contributed by atoms with van der Waals surface area (Å²) >= 11 is 5.88. The van der Waals surface area contributed by atoms with Gasteiger partial charge in [0.25, 0.3) is 0 Å². The van der Waals surface area contributed by atoms with Crippen LogP contribution >= 0.6 is 35.6 Å². The fourth-order valence-corrected chi connectivity index (χ4v) is 2.27. The molecule has 0 heterocycles. The first kappa shape index (κ1) is 21.7. The van der Waals surface area contributed by atoms with Crippen LogP contribution in [0.2, 0.25) is 5.02 Å². The molecule has 0 saturated heterocycles. The van der Waals surface area contributed by atoms with Gasteiger partial charge in [-0.1, -0.05) is 29.8 Å². The number of guanidine groups is 1. The third-order valence-electron chi connectivity index (χ3n) is 3.42. The van der Waals surface area contributed by atoms with Crippen LogP contribution in [0.15, 0.2) is 47.5 Å². The molecule has 0 spiro atoms. The highest BCUT2D eigenvalue weighted by atomic mass is 127. The van der Waals surface area contributed by atoms with E-state index < -0.39 is 5.82 Å². The molecule has 0 fully saturated rings. The van der Waals surface area contributed by atoms with E-state index in [9.17, 15) is 4.39 Å². The van der Waals surface area contributed by atoms with Crippen LogP contribution < -0.4 is 10.6 Å². The molecule has 0 aromatic heterocycles. The van der Waals surface area contributed by atoms with Crippen molar-refractivity contribution in [1.82, 2.24) is 10.6 Å². The van der Waals surface area contributed by atoms with E-state index in [1.165, 1.54) is 6.07 Å². The topological polar surface area (TPSA) is 56.7 Å². The number of benzene rings is 2. The van der Waals surface area contributed by atoms with Gasteiger partial charge in [0, 0.05) is 23.7 Å². The van der Waals surface area contributed by atoms with Crippen molar-refractivity contribution >= 4 is 41.5 Å². The number of rotatable bonds is 6. The molecule has 0 aliphatic carbocycles. The smallest absolute Gasteiger partial charge is 0.191 e. The van der Waals surface area contributed by atoms with Gasteiger partial charge in [-0.3, -0.25) is 0 Å². The summed E-state index contributed by atoms with van der Waals surface area (Å²) in [4.78, 5) is 4.49. The van der Waals surface area contributed by atoms with Gasteiger partial charge in [0.2, 0.25) is 0 Å². The minimum absolute atomic E-state index is 0. The molecule has 136 valence electrons. The minimum atomic E-state index is -0.405. The quantitative estimate of drug-likeness (QED) is 0.337. The number of halogens is 3. The summed E-state index contributed by atoms with van der Waals surface area (Å²) < 4.78 is 13.4. The zero-order valence-corrected chi connectivity index (χ0v) is 17.0. The molecule has 3 N–H and O–H groups in total. The second-order valence-corrected chi connectivity index (χ2v) is 5.70. The summed E-state index contributed by atoms with van der Waals surface area (Å²) in [6, 6.07) is 12.2. The lowest BCUT2D eigenvalue weighted by atomic mass is 10.1. The average molecular weight is 478 g/mol. The van der Waals surface area contributed by atoms with Gasteiger partial charge in [0.1, 0.15) is 5.82 Å². The monoisotopic (exact) mass is 477 g/mol. The van der Waals surface area contributed by atoms with E-state index in [0.717, 1.165) is 17.7 Å². The molecular weight excluding hydrogens is 456 g/mol. The van der Waals surface area contributed by atoms with Gasteiger partial charge in [0.15, 0.2) is 5.96 Å². The first-order chi connectivity index (χ1) is 11.6. The van der Waals surface area contributed by atoms with E-state index in [2.05, 4.69) is 15.6 Å².